The molecule has 1 heterocycles. The highest BCUT2D eigenvalue weighted by Gasteiger charge is 2.32. The summed E-state index contributed by atoms with van der Waals surface area (Å²) in [4.78, 5) is 26.6. The molecule has 1 saturated carbocycles. The third-order valence-corrected chi connectivity index (χ3v) is 4.54. The highest BCUT2D eigenvalue weighted by atomic mass is 32.1. The van der Waals surface area contributed by atoms with Gasteiger partial charge in [0.05, 0.1) is 12.8 Å². The van der Waals surface area contributed by atoms with E-state index in [4.69, 9.17) is 4.74 Å². The van der Waals surface area contributed by atoms with E-state index in [1.807, 2.05) is 13.8 Å². The molecule has 0 aliphatic heterocycles. The van der Waals surface area contributed by atoms with E-state index in [1.54, 1.807) is 4.90 Å². The van der Waals surface area contributed by atoms with Crippen LogP contribution in [-0.4, -0.2) is 46.1 Å². The van der Waals surface area contributed by atoms with E-state index in [0.717, 1.165) is 37.2 Å². The summed E-state index contributed by atoms with van der Waals surface area (Å²) in [5.41, 5.74) is 0.706. The first kappa shape index (κ1) is 15.9. The number of hydrogen-bond acceptors (Lipinski definition) is 6. The average Bonchev–Trinajstić information content (AvgIpc) is 3.13. The summed E-state index contributed by atoms with van der Waals surface area (Å²) in [6.07, 6.45) is 4.05. The van der Waals surface area contributed by atoms with Gasteiger partial charge in [-0.3, -0.25) is 9.59 Å². The van der Waals surface area contributed by atoms with Crippen molar-refractivity contribution >= 4 is 23.4 Å². The number of rotatable bonds is 5. The molecule has 116 valence electrons. The van der Waals surface area contributed by atoms with Gasteiger partial charge in [0.2, 0.25) is 0 Å². The summed E-state index contributed by atoms with van der Waals surface area (Å²) in [6.45, 7) is 3.96. The summed E-state index contributed by atoms with van der Waals surface area (Å²) >= 11 is 1.10. The maximum Gasteiger partial charge on any atom is 0.325 e. The standard InChI is InChI=1S/C14H21N3O3S/c1-9(2)12-13(21-16-15-12)14(19)17(8-11(18)20-3)10-6-4-5-7-10/h9-10H,4-8H2,1-3H3. The van der Waals surface area contributed by atoms with Crippen molar-refractivity contribution < 1.29 is 14.3 Å². The van der Waals surface area contributed by atoms with Gasteiger partial charge in [-0.2, -0.15) is 0 Å². The number of hydrogen-bond donors (Lipinski definition) is 0. The molecule has 1 aliphatic carbocycles. The Hall–Kier alpha value is -1.50. The van der Waals surface area contributed by atoms with Crippen LogP contribution in [0.15, 0.2) is 0 Å². The van der Waals surface area contributed by atoms with E-state index < -0.39 is 0 Å². The van der Waals surface area contributed by atoms with Crippen molar-refractivity contribution in [2.75, 3.05) is 13.7 Å². The minimum atomic E-state index is -0.390. The number of esters is 1. The van der Waals surface area contributed by atoms with Crippen molar-refractivity contribution in [2.24, 2.45) is 0 Å². The number of carbonyl (C=O) groups is 2. The SMILES string of the molecule is COC(=O)CN(C(=O)c1snnc1C(C)C)C1CCCC1. The van der Waals surface area contributed by atoms with Crippen LogP contribution in [0, 0.1) is 0 Å². The molecule has 0 atom stereocenters. The molecule has 1 fully saturated rings. The lowest BCUT2D eigenvalue weighted by molar-refractivity contribution is -0.141. The molecule has 0 bridgehead atoms. The lowest BCUT2D eigenvalue weighted by Crippen LogP contribution is -2.42. The van der Waals surface area contributed by atoms with Crippen LogP contribution < -0.4 is 0 Å². The van der Waals surface area contributed by atoms with Gasteiger partial charge in [0.25, 0.3) is 5.91 Å². The van der Waals surface area contributed by atoms with Gasteiger partial charge in [0.15, 0.2) is 0 Å². The molecule has 0 spiro atoms. The Bertz CT molecular complexity index is 509. The second kappa shape index (κ2) is 6.98. The molecule has 0 saturated heterocycles. The largest absolute Gasteiger partial charge is 0.468 e. The van der Waals surface area contributed by atoms with Crippen LogP contribution >= 0.6 is 11.5 Å². The zero-order valence-corrected chi connectivity index (χ0v) is 13.5. The van der Waals surface area contributed by atoms with Crippen LogP contribution in [0.25, 0.3) is 0 Å². The van der Waals surface area contributed by atoms with Crippen LogP contribution in [0.2, 0.25) is 0 Å². The molecule has 0 unspecified atom stereocenters. The maximum absolute atomic E-state index is 12.8. The Morgan fingerprint density at radius 3 is 2.62 bits per heavy atom. The van der Waals surface area contributed by atoms with Crippen LogP contribution in [-0.2, 0) is 9.53 Å². The summed E-state index contributed by atoms with van der Waals surface area (Å²) in [7, 11) is 1.34. The van der Waals surface area contributed by atoms with Crippen molar-refractivity contribution in [2.45, 2.75) is 51.5 Å². The molecule has 1 aliphatic rings. The average molecular weight is 311 g/mol. The van der Waals surface area contributed by atoms with Gasteiger partial charge >= 0.3 is 5.97 Å². The molecule has 0 radical (unpaired) electrons. The van der Waals surface area contributed by atoms with Gasteiger partial charge in [-0.25, -0.2) is 0 Å². The van der Waals surface area contributed by atoms with E-state index in [2.05, 4.69) is 9.59 Å². The number of nitrogens with zero attached hydrogens (tertiary/aromatic N) is 3. The highest BCUT2D eigenvalue weighted by molar-refractivity contribution is 7.08. The first-order valence-corrected chi connectivity index (χ1v) is 8.02. The molecule has 0 N–H and O–H groups in total. The summed E-state index contributed by atoms with van der Waals surface area (Å²) in [6, 6.07) is 0.110. The third-order valence-electron chi connectivity index (χ3n) is 3.81. The molecule has 7 heteroatoms. The van der Waals surface area contributed by atoms with Gasteiger partial charge in [-0.1, -0.05) is 31.2 Å². The molecular formula is C14H21N3O3S. The van der Waals surface area contributed by atoms with Gasteiger partial charge in [-0.15, -0.1) is 5.10 Å². The zero-order valence-electron chi connectivity index (χ0n) is 12.7. The number of aromatic nitrogens is 2. The Morgan fingerprint density at radius 1 is 1.38 bits per heavy atom. The molecule has 21 heavy (non-hydrogen) atoms. The second-order valence-electron chi connectivity index (χ2n) is 5.59. The molecule has 6 nitrogen and oxygen atoms in total. The van der Waals surface area contributed by atoms with Crippen LogP contribution in [0.4, 0.5) is 0 Å². The van der Waals surface area contributed by atoms with Crippen LogP contribution in [0.3, 0.4) is 0 Å². The maximum atomic E-state index is 12.8. The number of ether oxygens (including phenoxy) is 1. The molecular weight excluding hydrogens is 290 g/mol. The number of carbonyl (C=O) groups excluding carboxylic acids is 2. The predicted octanol–water partition coefficient (Wildman–Crippen LogP) is 2.22. The van der Waals surface area contributed by atoms with E-state index in [-0.39, 0.29) is 30.4 Å². The lowest BCUT2D eigenvalue weighted by atomic mass is 10.1. The fraction of sp³-hybridized carbons (Fsp3) is 0.714. The van der Waals surface area contributed by atoms with Crippen LogP contribution in [0.1, 0.15) is 60.8 Å². The molecule has 1 aromatic rings. The lowest BCUT2D eigenvalue weighted by Gasteiger charge is -2.27. The smallest absolute Gasteiger partial charge is 0.325 e. The third kappa shape index (κ3) is 3.58. The van der Waals surface area contributed by atoms with E-state index in [9.17, 15) is 9.59 Å². The Balaban J connectivity index is 2.24. The fourth-order valence-electron chi connectivity index (χ4n) is 2.64. The summed E-state index contributed by atoms with van der Waals surface area (Å²) in [5, 5.41) is 4.05. The Labute approximate surface area is 128 Å². The number of methoxy groups -OCH3 is 1. The van der Waals surface area contributed by atoms with Crippen LogP contribution in [0.5, 0.6) is 0 Å². The predicted molar refractivity (Wildman–Crippen MR) is 79.3 cm³/mol. The minimum Gasteiger partial charge on any atom is -0.468 e. The molecule has 1 aromatic heterocycles. The van der Waals surface area contributed by atoms with E-state index >= 15 is 0 Å². The van der Waals surface area contributed by atoms with Crippen molar-refractivity contribution in [1.82, 2.24) is 14.5 Å². The van der Waals surface area contributed by atoms with Crippen molar-refractivity contribution in [3.8, 4) is 0 Å². The van der Waals surface area contributed by atoms with Crippen molar-refractivity contribution in [3.05, 3.63) is 10.6 Å². The van der Waals surface area contributed by atoms with Crippen molar-refractivity contribution in [1.29, 1.82) is 0 Å². The van der Waals surface area contributed by atoms with Gasteiger partial charge in [0, 0.05) is 6.04 Å². The molecule has 1 amide bonds. The normalized spacial score (nSPS) is 15.4. The molecule has 0 aromatic carbocycles. The van der Waals surface area contributed by atoms with Crippen molar-refractivity contribution in [3.63, 3.8) is 0 Å². The molecule has 2 rings (SSSR count). The minimum absolute atomic E-state index is 0.00453. The Kier molecular flexibility index (Phi) is 5.27. The van der Waals surface area contributed by atoms with E-state index in [0.29, 0.717) is 10.6 Å². The first-order chi connectivity index (χ1) is 10.0. The zero-order chi connectivity index (χ0) is 15.4. The van der Waals surface area contributed by atoms with Gasteiger partial charge in [-0.05, 0) is 30.3 Å². The first-order valence-electron chi connectivity index (χ1n) is 7.24. The topological polar surface area (TPSA) is 72.4 Å². The summed E-state index contributed by atoms with van der Waals surface area (Å²) < 4.78 is 8.63. The monoisotopic (exact) mass is 311 g/mol. The van der Waals surface area contributed by atoms with Gasteiger partial charge in [0.1, 0.15) is 11.4 Å². The second-order valence-corrected chi connectivity index (χ2v) is 6.34. The van der Waals surface area contributed by atoms with E-state index in [1.165, 1.54) is 7.11 Å². The Morgan fingerprint density at radius 2 is 2.05 bits per heavy atom. The highest BCUT2D eigenvalue weighted by Crippen LogP contribution is 2.27. The quantitative estimate of drug-likeness (QED) is 0.780. The fourth-order valence-corrected chi connectivity index (χ4v) is 3.42. The van der Waals surface area contributed by atoms with Gasteiger partial charge < -0.3 is 9.64 Å². The number of amides is 1. The summed E-state index contributed by atoms with van der Waals surface area (Å²) in [5.74, 6) is -0.406.